The molecule has 1 aromatic carbocycles. The van der Waals surface area contributed by atoms with E-state index in [1.807, 2.05) is 32.0 Å². The number of para-hydroxylation sites is 1. The summed E-state index contributed by atoms with van der Waals surface area (Å²) in [6.45, 7) is 3.70. The Morgan fingerprint density at radius 1 is 1.09 bits per heavy atom. The molecule has 0 amide bonds. The summed E-state index contributed by atoms with van der Waals surface area (Å²) in [6.07, 6.45) is 4.15. The molecule has 7 nitrogen and oxygen atoms in total. The van der Waals surface area contributed by atoms with Crippen molar-refractivity contribution in [1.29, 1.82) is 0 Å². The predicted octanol–water partition coefficient (Wildman–Crippen LogP) is 3.79. The van der Waals surface area contributed by atoms with E-state index < -0.39 is 23.8 Å². The van der Waals surface area contributed by atoms with Crippen molar-refractivity contribution in [3.05, 3.63) is 52.4 Å². The topological polar surface area (TPSA) is 90.9 Å². The number of ether oxygens (including phenoxy) is 3. The fourth-order valence-electron chi connectivity index (χ4n) is 5.39. The fraction of sp³-hybridized carbons (Fsp3) is 0.500. The first-order valence-corrected chi connectivity index (χ1v) is 11.5. The second-order valence-corrected chi connectivity index (χ2v) is 9.09. The van der Waals surface area contributed by atoms with E-state index in [2.05, 4.69) is 5.32 Å². The highest BCUT2D eigenvalue weighted by molar-refractivity contribution is 6.12. The molecule has 0 spiro atoms. The molecule has 176 valence electrons. The Morgan fingerprint density at radius 3 is 2.45 bits per heavy atom. The molecule has 0 radical (unpaired) electrons. The lowest BCUT2D eigenvalue weighted by atomic mass is 9.69. The zero-order chi connectivity index (χ0) is 23.7. The number of carbonyl (C=O) groups is 3. The summed E-state index contributed by atoms with van der Waals surface area (Å²) in [4.78, 5) is 39.8. The molecule has 1 aliphatic heterocycles. The number of esters is 2. The number of dihydropyridines is 1. The van der Waals surface area contributed by atoms with Crippen LogP contribution < -0.4 is 10.1 Å². The molecule has 1 heterocycles. The number of ketones is 1. The van der Waals surface area contributed by atoms with Crippen LogP contribution in [0.4, 0.5) is 0 Å². The van der Waals surface area contributed by atoms with Gasteiger partial charge in [0, 0.05) is 22.5 Å². The molecule has 33 heavy (non-hydrogen) atoms. The molecule has 1 aromatic rings. The SMILES string of the molecule is COC(=O)[C@@H]1C(=O)C2=C(C[C@@H]1C)NC(C)=C(C(=O)OC1CCCC1)[C@@H]2c1ccccc1OC. The van der Waals surface area contributed by atoms with Crippen molar-refractivity contribution in [1.82, 2.24) is 5.32 Å². The monoisotopic (exact) mass is 453 g/mol. The zero-order valence-corrected chi connectivity index (χ0v) is 19.6. The Kier molecular flexibility index (Phi) is 6.58. The molecule has 0 bridgehead atoms. The molecule has 2 aliphatic carbocycles. The number of Topliss-reactive ketones (excluding diaryl/α,β-unsaturated/α-hetero) is 1. The van der Waals surface area contributed by atoms with Gasteiger partial charge in [-0.15, -0.1) is 0 Å². The first-order chi connectivity index (χ1) is 15.9. The molecule has 4 rings (SSSR count). The minimum atomic E-state index is -0.918. The Balaban J connectivity index is 1.84. The predicted molar refractivity (Wildman–Crippen MR) is 121 cm³/mol. The Morgan fingerprint density at radius 2 is 1.79 bits per heavy atom. The van der Waals surface area contributed by atoms with E-state index in [9.17, 15) is 14.4 Å². The number of nitrogens with one attached hydrogen (secondary N) is 1. The maximum atomic E-state index is 13.8. The van der Waals surface area contributed by atoms with Crippen LogP contribution in [0.1, 0.15) is 57.4 Å². The smallest absolute Gasteiger partial charge is 0.337 e. The van der Waals surface area contributed by atoms with Crippen LogP contribution in [-0.2, 0) is 23.9 Å². The second kappa shape index (κ2) is 9.41. The second-order valence-electron chi connectivity index (χ2n) is 9.09. The normalized spacial score (nSPS) is 25.5. The zero-order valence-electron chi connectivity index (χ0n) is 19.6. The van der Waals surface area contributed by atoms with Gasteiger partial charge < -0.3 is 19.5 Å². The van der Waals surface area contributed by atoms with Crippen molar-refractivity contribution in [3.8, 4) is 5.75 Å². The van der Waals surface area contributed by atoms with E-state index in [4.69, 9.17) is 14.2 Å². The minimum absolute atomic E-state index is 0.114. The van der Waals surface area contributed by atoms with Gasteiger partial charge in [0.05, 0.1) is 25.7 Å². The number of allylic oxidation sites excluding steroid dienone is 3. The van der Waals surface area contributed by atoms with Gasteiger partial charge >= 0.3 is 11.9 Å². The first-order valence-electron chi connectivity index (χ1n) is 11.5. The van der Waals surface area contributed by atoms with Gasteiger partial charge in [-0.25, -0.2) is 4.79 Å². The van der Waals surface area contributed by atoms with Crippen LogP contribution in [0.5, 0.6) is 5.75 Å². The van der Waals surface area contributed by atoms with Crippen LogP contribution in [0.25, 0.3) is 0 Å². The Bertz CT molecular complexity index is 1030. The van der Waals surface area contributed by atoms with Crippen LogP contribution in [0.15, 0.2) is 46.8 Å². The lowest BCUT2D eigenvalue weighted by molar-refractivity contribution is -0.151. The van der Waals surface area contributed by atoms with Crippen molar-refractivity contribution < 1.29 is 28.6 Å². The average molecular weight is 454 g/mol. The van der Waals surface area contributed by atoms with Gasteiger partial charge in [0.2, 0.25) is 0 Å². The van der Waals surface area contributed by atoms with Crippen LogP contribution in [-0.4, -0.2) is 38.0 Å². The third kappa shape index (κ3) is 4.16. The molecular formula is C26H31NO6. The Labute approximate surface area is 194 Å². The van der Waals surface area contributed by atoms with E-state index in [1.54, 1.807) is 13.2 Å². The maximum Gasteiger partial charge on any atom is 0.337 e. The number of benzene rings is 1. The highest BCUT2D eigenvalue weighted by atomic mass is 16.5. The summed E-state index contributed by atoms with van der Waals surface area (Å²) in [5.41, 5.74) is 2.88. The maximum absolute atomic E-state index is 13.8. The standard InChI is InChI=1S/C26H31NO6/c1-14-13-18-23(24(28)20(14)25(29)32-4)22(17-11-7-8-12-19(17)31-3)21(15(2)27-18)26(30)33-16-9-5-6-10-16/h7-8,11-12,14,16,20,22,27H,5-6,9-10,13H2,1-4H3/t14-,20-,22-/m0/s1. The van der Waals surface area contributed by atoms with E-state index >= 15 is 0 Å². The number of rotatable bonds is 5. The molecule has 7 heteroatoms. The number of methoxy groups -OCH3 is 2. The van der Waals surface area contributed by atoms with Crippen molar-refractivity contribution in [3.63, 3.8) is 0 Å². The first kappa shape index (κ1) is 23.1. The summed E-state index contributed by atoms with van der Waals surface area (Å²) >= 11 is 0. The summed E-state index contributed by atoms with van der Waals surface area (Å²) in [7, 11) is 2.85. The summed E-state index contributed by atoms with van der Waals surface area (Å²) in [5.74, 6) is -2.59. The van der Waals surface area contributed by atoms with Crippen LogP contribution >= 0.6 is 0 Å². The molecule has 1 N–H and O–H groups in total. The highest BCUT2D eigenvalue weighted by Gasteiger charge is 2.48. The molecule has 0 saturated heterocycles. The van der Waals surface area contributed by atoms with Crippen molar-refractivity contribution in [2.24, 2.45) is 11.8 Å². The van der Waals surface area contributed by atoms with E-state index in [0.717, 1.165) is 31.4 Å². The lowest BCUT2D eigenvalue weighted by Gasteiger charge is -2.38. The molecule has 1 fully saturated rings. The minimum Gasteiger partial charge on any atom is -0.496 e. The third-order valence-corrected chi connectivity index (χ3v) is 6.99. The van der Waals surface area contributed by atoms with Crippen molar-refractivity contribution in [2.75, 3.05) is 14.2 Å². The third-order valence-electron chi connectivity index (χ3n) is 6.99. The summed E-state index contributed by atoms with van der Waals surface area (Å²) < 4.78 is 16.4. The molecule has 3 aliphatic rings. The molecule has 3 atom stereocenters. The average Bonchev–Trinajstić information content (AvgIpc) is 3.30. The number of hydrogen-bond donors (Lipinski definition) is 1. The molecule has 1 saturated carbocycles. The largest absolute Gasteiger partial charge is 0.496 e. The van der Waals surface area contributed by atoms with Crippen LogP contribution in [0.3, 0.4) is 0 Å². The number of carbonyl (C=O) groups excluding carboxylic acids is 3. The number of hydrogen-bond acceptors (Lipinski definition) is 7. The summed E-state index contributed by atoms with van der Waals surface area (Å²) in [5, 5.41) is 3.29. The van der Waals surface area contributed by atoms with Gasteiger partial charge in [-0.1, -0.05) is 25.1 Å². The van der Waals surface area contributed by atoms with Gasteiger partial charge in [0.15, 0.2) is 5.78 Å². The molecular weight excluding hydrogens is 422 g/mol. The quantitative estimate of drug-likeness (QED) is 0.536. The summed E-state index contributed by atoms with van der Waals surface area (Å²) in [6, 6.07) is 7.35. The van der Waals surface area contributed by atoms with Gasteiger partial charge in [-0.05, 0) is 51.0 Å². The van der Waals surface area contributed by atoms with Crippen LogP contribution in [0.2, 0.25) is 0 Å². The van der Waals surface area contributed by atoms with E-state index in [0.29, 0.717) is 34.6 Å². The fourth-order valence-corrected chi connectivity index (χ4v) is 5.39. The van der Waals surface area contributed by atoms with Gasteiger partial charge in [0.1, 0.15) is 17.8 Å². The van der Waals surface area contributed by atoms with E-state index in [1.165, 1.54) is 7.11 Å². The van der Waals surface area contributed by atoms with Crippen LogP contribution in [0, 0.1) is 11.8 Å². The van der Waals surface area contributed by atoms with E-state index in [-0.39, 0.29) is 17.8 Å². The van der Waals surface area contributed by atoms with Gasteiger partial charge in [0.25, 0.3) is 0 Å². The Hall–Kier alpha value is -3.09. The highest BCUT2D eigenvalue weighted by Crippen LogP contribution is 2.47. The van der Waals surface area contributed by atoms with Gasteiger partial charge in [-0.2, -0.15) is 0 Å². The molecule has 0 unspecified atom stereocenters. The van der Waals surface area contributed by atoms with Crippen molar-refractivity contribution >= 4 is 17.7 Å². The van der Waals surface area contributed by atoms with Gasteiger partial charge in [-0.3, -0.25) is 9.59 Å². The lowest BCUT2D eigenvalue weighted by Crippen LogP contribution is -2.43. The molecule has 0 aromatic heterocycles. The van der Waals surface area contributed by atoms with Crippen molar-refractivity contribution in [2.45, 2.75) is 58.0 Å².